The van der Waals surface area contributed by atoms with E-state index in [4.69, 9.17) is 25.4 Å². The molecule has 0 aliphatic heterocycles. The van der Waals surface area contributed by atoms with Crippen LogP contribution in [-0.2, 0) is 11.3 Å². The molecule has 0 aliphatic carbocycles. The molecule has 1 aromatic carbocycles. The number of amidine groups is 1. The summed E-state index contributed by atoms with van der Waals surface area (Å²) in [7, 11) is 4.93. The first-order valence-electron chi connectivity index (χ1n) is 6.85. The van der Waals surface area contributed by atoms with Crippen LogP contribution in [0.1, 0.15) is 12.0 Å². The summed E-state index contributed by atoms with van der Waals surface area (Å²) in [5.74, 6) is 1.63. The normalized spacial score (nSPS) is 10.7. The molecule has 0 bridgehead atoms. The number of nitrogens with zero attached hydrogens (tertiary/aromatic N) is 1. The maximum absolute atomic E-state index is 7.34. The fraction of sp³-hybridized carbons (Fsp3) is 0.533. The maximum atomic E-state index is 7.34. The molecule has 6 nitrogen and oxygen atoms in total. The van der Waals surface area contributed by atoms with Crippen LogP contribution < -0.4 is 15.2 Å². The summed E-state index contributed by atoms with van der Waals surface area (Å²) in [6.45, 7) is 2.91. The number of hydrogen-bond donors (Lipinski definition) is 2. The lowest BCUT2D eigenvalue weighted by Crippen LogP contribution is -2.30. The van der Waals surface area contributed by atoms with Gasteiger partial charge in [-0.05, 0) is 17.7 Å². The molecule has 1 rings (SSSR count). The molecule has 118 valence electrons. The first kappa shape index (κ1) is 17.3. The second-order valence-electron chi connectivity index (χ2n) is 4.73. The van der Waals surface area contributed by atoms with E-state index in [-0.39, 0.29) is 5.84 Å². The van der Waals surface area contributed by atoms with E-state index >= 15 is 0 Å². The van der Waals surface area contributed by atoms with Crippen LogP contribution in [0.4, 0.5) is 0 Å². The molecule has 0 aromatic heterocycles. The van der Waals surface area contributed by atoms with Crippen molar-refractivity contribution in [3.8, 4) is 11.5 Å². The number of methoxy groups -OCH3 is 3. The predicted octanol–water partition coefficient (Wildman–Crippen LogP) is 1.48. The maximum Gasteiger partial charge on any atom is 0.161 e. The Morgan fingerprint density at radius 3 is 2.43 bits per heavy atom. The lowest BCUT2D eigenvalue weighted by molar-refractivity contribution is 0.145. The smallest absolute Gasteiger partial charge is 0.161 e. The average Bonchev–Trinajstić information content (AvgIpc) is 2.49. The van der Waals surface area contributed by atoms with E-state index in [2.05, 4.69) is 4.90 Å². The van der Waals surface area contributed by atoms with E-state index in [9.17, 15) is 0 Å². The topological polar surface area (TPSA) is 80.8 Å². The van der Waals surface area contributed by atoms with Gasteiger partial charge in [-0.25, -0.2) is 0 Å². The Bertz CT molecular complexity index is 452. The quantitative estimate of drug-likeness (QED) is 0.505. The van der Waals surface area contributed by atoms with E-state index in [1.807, 2.05) is 18.2 Å². The standard InChI is InChI=1S/C15H25N3O3/c1-19-9-8-18(7-6-15(16)17)11-12-4-5-13(20-2)14(10-12)21-3/h4-5,10H,6-9,11H2,1-3H3,(H3,16,17). The van der Waals surface area contributed by atoms with E-state index in [0.29, 0.717) is 24.5 Å². The zero-order valence-corrected chi connectivity index (χ0v) is 13.0. The largest absolute Gasteiger partial charge is 0.493 e. The van der Waals surface area contributed by atoms with E-state index in [1.165, 1.54) is 0 Å². The SMILES string of the molecule is COCCN(CCC(=N)N)Cc1ccc(OC)c(OC)c1. The Labute approximate surface area is 126 Å². The first-order valence-corrected chi connectivity index (χ1v) is 6.85. The molecule has 0 radical (unpaired) electrons. The highest BCUT2D eigenvalue weighted by molar-refractivity contribution is 5.76. The fourth-order valence-corrected chi connectivity index (χ4v) is 2.01. The third-order valence-corrected chi connectivity index (χ3v) is 3.16. The summed E-state index contributed by atoms with van der Waals surface area (Å²) in [6, 6.07) is 5.87. The van der Waals surface area contributed by atoms with Crippen molar-refractivity contribution >= 4 is 5.84 Å². The van der Waals surface area contributed by atoms with Gasteiger partial charge < -0.3 is 19.9 Å². The molecule has 0 fully saturated rings. The summed E-state index contributed by atoms with van der Waals surface area (Å²) in [5.41, 5.74) is 6.55. The van der Waals surface area contributed by atoms with Crippen LogP contribution in [0.25, 0.3) is 0 Å². The Kier molecular flexibility index (Phi) is 7.56. The second-order valence-corrected chi connectivity index (χ2v) is 4.73. The Morgan fingerprint density at radius 1 is 1.14 bits per heavy atom. The number of nitrogens with two attached hydrogens (primary N) is 1. The number of rotatable bonds is 10. The Hall–Kier alpha value is -1.79. The van der Waals surface area contributed by atoms with Crippen molar-refractivity contribution in [2.75, 3.05) is 41.0 Å². The van der Waals surface area contributed by atoms with Gasteiger partial charge in [0.05, 0.1) is 26.7 Å². The summed E-state index contributed by atoms with van der Waals surface area (Å²) in [5, 5.41) is 7.34. The molecular weight excluding hydrogens is 270 g/mol. The lowest BCUT2D eigenvalue weighted by Gasteiger charge is -2.22. The highest BCUT2D eigenvalue weighted by atomic mass is 16.5. The predicted molar refractivity (Wildman–Crippen MR) is 83.2 cm³/mol. The van der Waals surface area contributed by atoms with Gasteiger partial charge in [-0.15, -0.1) is 0 Å². The zero-order chi connectivity index (χ0) is 15.7. The zero-order valence-electron chi connectivity index (χ0n) is 13.0. The van der Waals surface area contributed by atoms with Crippen molar-refractivity contribution in [3.05, 3.63) is 23.8 Å². The highest BCUT2D eigenvalue weighted by Crippen LogP contribution is 2.28. The van der Waals surface area contributed by atoms with Gasteiger partial charge >= 0.3 is 0 Å². The van der Waals surface area contributed by atoms with Crippen LogP contribution in [0.2, 0.25) is 0 Å². The number of ether oxygens (including phenoxy) is 3. The molecule has 0 amide bonds. The van der Waals surface area contributed by atoms with Crippen molar-refractivity contribution in [3.63, 3.8) is 0 Å². The van der Waals surface area contributed by atoms with Crippen LogP contribution in [0.3, 0.4) is 0 Å². The molecule has 0 aliphatic rings. The fourth-order valence-electron chi connectivity index (χ4n) is 2.01. The molecule has 3 N–H and O–H groups in total. The Balaban J connectivity index is 2.74. The van der Waals surface area contributed by atoms with Crippen molar-refractivity contribution in [2.45, 2.75) is 13.0 Å². The minimum absolute atomic E-state index is 0.199. The van der Waals surface area contributed by atoms with Gasteiger partial charge in [0.2, 0.25) is 0 Å². The van der Waals surface area contributed by atoms with Crippen LogP contribution in [0.5, 0.6) is 11.5 Å². The van der Waals surface area contributed by atoms with Crippen molar-refractivity contribution < 1.29 is 14.2 Å². The highest BCUT2D eigenvalue weighted by Gasteiger charge is 2.10. The summed E-state index contributed by atoms with van der Waals surface area (Å²) >= 11 is 0. The minimum Gasteiger partial charge on any atom is -0.493 e. The van der Waals surface area contributed by atoms with Crippen LogP contribution in [-0.4, -0.2) is 51.8 Å². The van der Waals surface area contributed by atoms with Gasteiger partial charge in [-0.1, -0.05) is 6.07 Å². The van der Waals surface area contributed by atoms with Gasteiger partial charge in [0.25, 0.3) is 0 Å². The van der Waals surface area contributed by atoms with Crippen molar-refractivity contribution in [2.24, 2.45) is 5.73 Å². The summed E-state index contributed by atoms with van der Waals surface area (Å²) in [6.07, 6.45) is 0.553. The van der Waals surface area contributed by atoms with Crippen LogP contribution in [0, 0.1) is 5.41 Å². The Morgan fingerprint density at radius 2 is 1.86 bits per heavy atom. The van der Waals surface area contributed by atoms with Crippen LogP contribution >= 0.6 is 0 Å². The molecule has 0 heterocycles. The second kappa shape index (κ2) is 9.20. The van der Waals surface area contributed by atoms with Crippen molar-refractivity contribution in [1.82, 2.24) is 4.90 Å². The first-order chi connectivity index (χ1) is 10.1. The van der Waals surface area contributed by atoms with E-state index < -0.39 is 0 Å². The number of hydrogen-bond acceptors (Lipinski definition) is 5. The molecule has 0 saturated carbocycles. The third kappa shape index (κ3) is 6.01. The molecule has 0 saturated heterocycles. The molecule has 21 heavy (non-hydrogen) atoms. The van der Waals surface area contributed by atoms with E-state index in [0.717, 1.165) is 25.2 Å². The van der Waals surface area contributed by atoms with Gasteiger partial charge in [-0.3, -0.25) is 10.3 Å². The monoisotopic (exact) mass is 295 g/mol. The summed E-state index contributed by atoms with van der Waals surface area (Å²) < 4.78 is 15.7. The lowest BCUT2D eigenvalue weighted by atomic mass is 10.2. The third-order valence-electron chi connectivity index (χ3n) is 3.16. The molecule has 1 aromatic rings. The van der Waals surface area contributed by atoms with Gasteiger partial charge in [0, 0.05) is 33.2 Å². The molecular formula is C15H25N3O3. The molecule has 0 unspecified atom stereocenters. The van der Waals surface area contributed by atoms with Gasteiger partial charge in [-0.2, -0.15) is 0 Å². The van der Waals surface area contributed by atoms with Gasteiger partial charge in [0.15, 0.2) is 11.5 Å². The molecule has 0 spiro atoms. The van der Waals surface area contributed by atoms with Gasteiger partial charge in [0.1, 0.15) is 0 Å². The summed E-state index contributed by atoms with van der Waals surface area (Å²) in [4.78, 5) is 2.20. The van der Waals surface area contributed by atoms with E-state index in [1.54, 1.807) is 21.3 Å². The number of benzene rings is 1. The minimum atomic E-state index is 0.199. The van der Waals surface area contributed by atoms with Crippen LogP contribution in [0.15, 0.2) is 18.2 Å². The number of nitrogens with one attached hydrogen (secondary N) is 1. The molecule has 0 atom stereocenters. The average molecular weight is 295 g/mol. The van der Waals surface area contributed by atoms with Crippen molar-refractivity contribution in [1.29, 1.82) is 5.41 Å². The molecule has 6 heteroatoms.